The number of rotatable bonds is 9. The first-order valence-electron chi connectivity index (χ1n) is 7.23. The van der Waals surface area contributed by atoms with Crippen molar-refractivity contribution < 1.29 is 9.59 Å². The van der Waals surface area contributed by atoms with E-state index in [4.69, 9.17) is 0 Å². The first-order valence-corrected chi connectivity index (χ1v) is 7.23. The van der Waals surface area contributed by atoms with Crippen LogP contribution in [-0.2, 0) is 16.0 Å². The minimum absolute atomic E-state index is 0.0261. The number of hydrogen-bond donors (Lipinski definition) is 2. The first-order chi connectivity index (χ1) is 9.68. The number of carbonyl (C=O) groups excluding carboxylic acids is 2. The maximum absolute atomic E-state index is 11.7. The Morgan fingerprint density at radius 3 is 2.10 bits per heavy atom. The maximum atomic E-state index is 11.7. The van der Waals surface area contributed by atoms with Gasteiger partial charge in [0.25, 0.3) is 0 Å². The summed E-state index contributed by atoms with van der Waals surface area (Å²) >= 11 is 0. The first kappa shape index (κ1) is 16.2. The van der Waals surface area contributed by atoms with Crippen molar-refractivity contribution in [3.05, 3.63) is 35.9 Å². The predicted octanol–water partition coefficient (Wildman–Crippen LogP) is 2.04. The van der Waals surface area contributed by atoms with Gasteiger partial charge in [-0.05, 0) is 18.4 Å². The van der Waals surface area contributed by atoms with Crippen LogP contribution in [0, 0.1) is 0 Å². The van der Waals surface area contributed by atoms with Crippen LogP contribution in [0.2, 0.25) is 0 Å². The molecule has 0 saturated heterocycles. The summed E-state index contributed by atoms with van der Waals surface area (Å²) in [5.41, 5.74) is 1.04. The Labute approximate surface area is 121 Å². The molecule has 0 aliphatic heterocycles. The van der Waals surface area contributed by atoms with Crippen molar-refractivity contribution in [1.29, 1.82) is 0 Å². The largest absolute Gasteiger partial charge is 0.356 e. The molecule has 2 N–H and O–H groups in total. The second kappa shape index (κ2) is 10.0. The molecule has 2 amide bonds. The summed E-state index contributed by atoms with van der Waals surface area (Å²) in [6.07, 6.45) is 4.58. The van der Waals surface area contributed by atoms with E-state index in [1.807, 2.05) is 30.3 Å². The summed E-state index contributed by atoms with van der Waals surface area (Å²) < 4.78 is 0. The van der Waals surface area contributed by atoms with Crippen molar-refractivity contribution >= 4 is 11.8 Å². The minimum Gasteiger partial charge on any atom is -0.356 e. The molecule has 0 saturated carbocycles. The van der Waals surface area contributed by atoms with Crippen molar-refractivity contribution in [2.75, 3.05) is 13.1 Å². The summed E-state index contributed by atoms with van der Waals surface area (Å²) in [6.45, 7) is 3.00. The lowest BCUT2D eigenvalue weighted by atomic mass is 10.1. The molecule has 0 radical (unpaired) electrons. The van der Waals surface area contributed by atoms with Gasteiger partial charge >= 0.3 is 0 Å². The highest BCUT2D eigenvalue weighted by atomic mass is 16.2. The van der Waals surface area contributed by atoms with Gasteiger partial charge in [0.05, 0.1) is 6.42 Å². The second-order valence-electron chi connectivity index (χ2n) is 4.91. The molecule has 4 heteroatoms. The summed E-state index contributed by atoms with van der Waals surface area (Å²) in [5, 5.41) is 5.70. The van der Waals surface area contributed by atoms with Crippen molar-refractivity contribution in [2.24, 2.45) is 0 Å². The smallest absolute Gasteiger partial charge is 0.224 e. The monoisotopic (exact) mass is 276 g/mol. The Bertz CT molecular complexity index is 404. The lowest BCUT2D eigenvalue weighted by Gasteiger charge is -2.05. The van der Waals surface area contributed by atoms with E-state index < -0.39 is 0 Å². The van der Waals surface area contributed by atoms with E-state index >= 15 is 0 Å². The van der Waals surface area contributed by atoms with Crippen LogP contribution in [0.15, 0.2) is 30.3 Å². The summed E-state index contributed by atoms with van der Waals surface area (Å²) in [4.78, 5) is 22.3. The number of hydrogen-bond acceptors (Lipinski definition) is 2. The van der Waals surface area contributed by atoms with Crippen LogP contribution in [0.4, 0.5) is 0 Å². The maximum Gasteiger partial charge on any atom is 0.224 e. The number of unbranched alkanes of at least 4 members (excludes halogenated alkanes) is 3. The Hall–Kier alpha value is -1.84. The van der Waals surface area contributed by atoms with Crippen LogP contribution in [-0.4, -0.2) is 24.9 Å². The summed E-state index contributed by atoms with van der Waals surface area (Å²) in [6, 6.07) is 9.75. The molecule has 20 heavy (non-hydrogen) atoms. The lowest BCUT2D eigenvalue weighted by Crippen LogP contribution is -2.26. The van der Waals surface area contributed by atoms with Gasteiger partial charge in [0, 0.05) is 20.0 Å². The predicted molar refractivity (Wildman–Crippen MR) is 80.3 cm³/mol. The highest BCUT2D eigenvalue weighted by molar-refractivity contribution is 5.78. The average Bonchev–Trinajstić information content (AvgIpc) is 2.42. The fourth-order valence-electron chi connectivity index (χ4n) is 1.94. The number of carbonyl (C=O) groups is 2. The van der Waals surface area contributed by atoms with Crippen molar-refractivity contribution in [3.8, 4) is 0 Å². The van der Waals surface area contributed by atoms with Crippen LogP contribution in [0.3, 0.4) is 0 Å². The highest BCUT2D eigenvalue weighted by Crippen LogP contribution is 2.00. The van der Waals surface area contributed by atoms with Crippen LogP contribution in [0.25, 0.3) is 0 Å². The lowest BCUT2D eigenvalue weighted by molar-refractivity contribution is -0.120. The quantitative estimate of drug-likeness (QED) is 0.678. The number of nitrogens with one attached hydrogen (secondary N) is 2. The molecule has 110 valence electrons. The zero-order valence-electron chi connectivity index (χ0n) is 12.2. The molecule has 0 aliphatic rings. The van der Waals surface area contributed by atoms with E-state index in [1.165, 1.54) is 6.92 Å². The van der Waals surface area contributed by atoms with Gasteiger partial charge in [0.1, 0.15) is 0 Å². The van der Waals surface area contributed by atoms with Gasteiger partial charge in [-0.3, -0.25) is 9.59 Å². The van der Waals surface area contributed by atoms with Gasteiger partial charge < -0.3 is 10.6 Å². The fourth-order valence-corrected chi connectivity index (χ4v) is 1.94. The van der Waals surface area contributed by atoms with E-state index in [1.54, 1.807) is 0 Å². The molecular weight excluding hydrogens is 252 g/mol. The van der Waals surface area contributed by atoms with Crippen LogP contribution in [0.5, 0.6) is 0 Å². The summed E-state index contributed by atoms with van der Waals surface area (Å²) in [7, 11) is 0. The topological polar surface area (TPSA) is 58.2 Å². The van der Waals surface area contributed by atoms with E-state index in [2.05, 4.69) is 10.6 Å². The molecule has 1 aromatic rings. The van der Waals surface area contributed by atoms with Crippen molar-refractivity contribution in [3.63, 3.8) is 0 Å². The van der Waals surface area contributed by atoms with Gasteiger partial charge in [-0.15, -0.1) is 0 Å². The molecule has 1 rings (SSSR count). The molecule has 0 fully saturated rings. The van der Waals surface area contributed by atoms with Crippen LogP contribution < -0.4 is 10.6 Å². The molecule has 0 bridgehead atoms. The third-order valence-corrected chi connectivity index (χ3v) is 3.01. The minimum atomic E-state index is 0.0261. The molecular formula is C16H24N2O2. The Balaban J connectivity index is 1.96. The molecule has 0 spiro atoms. The summed E-state index contributed by atoms with van der Waals surface area (Å²) in [5.74, 6) is 0.104. The third-order valence-electron chi connectivity index (χ3n) is 3.01. The fraction of sp³-hybridized carbons (Fsp3) is 0.500. The van der Waals surface area contributed by atoms with Gasteiger partial charge in [-0.2, -0.15) is 0 Å². The molecule has 1 aromatic carbocycles. The Morgan fingerprint density at radius 2 is 1.50 bits per heavy atom. The third kappa shape index (κ3) is 8.29. The number of amides is 2. The number of benzene rings is 1. The normalized spacial score (nSPS) is 10.1. The van der Waals surface area contributed by atoms with E-state index in [-0.39, 0.29) is 11.8 Å². The van der Waals surface area contributed by atoms with Gasteiger partial charge in [0.2, 0.25) is 11.8 Å². The molecule has 0 aliphatic carbocycles. The molecule has 0 unspecified atom stereocenters. The molecule has 0 atom stereocenters. The molecule has 0 heterocycles. The Kier molecular flexibility index (Phi) is 8.11. The standard InChI is InChI=1S/C16H24N2O2/c1-14(19)17-11-7-2-3-8-12-18-16(20)13-15-9-5-4-6-10-15/h4-6,9-10H,2-3,7-8,11-13H2,1H3,(H,17,19)(H,18,20). The highest BCUT2D eigenvalue weighted by Gasteiger charge is 2.01. The Morgan fingerprint density at radius 1 is 0.900 bits per heavy atom. The van der Waals surface area contributed by atoms with Crippen molar-refractivity contribution in [1.82, 2.24) is 10.6 Å². The van der Waals surface area contributed by atoms with Gasteiger partial charge in [-0.1, -0.05) is 43.2 Å². The average molecular weight is 276 g/mol. The van der Waals surface area contributed by atoms with Crippen molar-refractivity contribution in [2.45, 2.75) is 39.0 Å². The zero-order chi connectivity index (χ0) is 14.6. The van der Waals surface area contributed by atoms with Crippen LogP contribution in [0.1, 0.15) is 38.2 Å². The van der Waals surface area contributed by atoms with E-state index in [9.17, 15) is 9.59 Å². The van der Waals surface area contributed by atoms with Gasteiger partial charge in [0.15, 0.2) is 0 Å². The SMILES string of the molecule is CC(=O)NCCCCCCNC(=O)Cc1ccccc1. The zero-order valence-corrected chi connectivity index (χ0v) is 12.2. The van der Waals surface area contributed by atoms with E-state index in [0.29, 0.717) is 6.42 Å². The van der Waals surface area contributed by atoms with Crippen LogP contribution >= 0.6 is 0 Å². The van der Waals surface area contributed by atoms with E-state index in [0.717, 1.165) is 44.3 Å². The molecule has 4 nitrogen and oxygen atoms in total. The second-order valence-corrected chi connectivity index (χ2v) is 4.91. The van der Waals surface area contributed by atoms with Gasteiger partial charge in [-0.25, -0.2) is 0 Å². The molecule has 0 aromatic heterocycles.